The number of aromatic nitrogens is 5. The molecular formula is C19H20N8OS. The lowest BCUT2D eigenvalue weighted by Crippen LogP contribution is -2.49. The second-order valence-corrected chi connectivity index (χ2v) is 7.81. The number of amides is 1. The minimum Gasteiger partial charge on any atom is -0.368 e. The molecule has 0 spiro atoms. The Kier molecular flexibility index (Phi) is 4.47. The number of piperazine rings is 1. The number of benzene rings is 1. The molecule has 0 atom stereocenters. The first-order valence-electron chi connectivity index (χ1n) is 9.50. The van der Waals surface area contributed by atoms with Gasteiger partial charge in [0.15, 0.2) is 10.6 Å². The van der Waals surface area contributed by atoms with Crippen molar-refractivity contribution >= 4 is 50.4 Å². The molecule has 1 aromatic carbocycles. The van der Waals surface area contributed by atoms with Crippen LogP contribution < -0.4 is 10.6 Å². The highest BCUT2D eigenvalue weighted by Gasteiger charge is 2.24. The van der Waals surface area contributed by atoms with E-state index in [9.17, 15) is 4.79 Å². The van der Waals surface area contributed by atoms with E-state index < -0.39 is 0 Å². The number of hydrogen-bond donors (Lipinski definition) is 2. The third-order valence-electron chi connectivity index (χ3n) is 5.14. The molecule has 4 aromatic rings. The van der Waals surface area contributed by atoms with Crippen LogP contribution in [0.3, 0.4) is 0 Å². The van der Waals surface area contributed by atoms with Crippen molar-refractivity contribution in [1.82, 2.24) is 29.8 Å². The van der Waals surface area contributed by atoms with Crippen LogP contribution in [-0.4, -0.2) is 61.9 Å². The zero-order chi connectivity index (χ0) is 19.8. The van der Waals surface area contributed by atoms with Gasteiger partial charge in [-0.2, -0.15) is 4.98 Å². The highest BCUT2D eigenvalue weighted by Crippen LogP contribution is 2.26. The van der Waals surface area contributed by atoms with E-state index in [2.05, 4.69) is 29.8 Å². The first-order chi connectivity index (χ1) is 14.2. The fourth-order valence-electron chi connectivity index (χ4n) is 3.66. The Morgan fingerprint density at radius 3 is 2.79 bits per heavy atom. The van der Waals surface area contributed by atoms with E-state index in [0.29, 0.717) is 39.0 Å². The second kappa shape index (κ2) is 7.28. The van der Waals surface area contributed by atoms with Gasteiger partial charge in [-0.3, -0.25) is 4.79 Å². The Balaban J connectivity index is 1.21. The number of aryl methyl sites for hydroxylation is 1. The van der Waals surface area contributed by atoms with Crippen molar-refractivity contribution in [2.24, 2.45) is 0 Å². The first-order valence-corrected chi connectivity index (χ1v) is 10.4. The molecule has 1 aliphatic rings. The molecule has 10 heteroatoms. The van der Waals surface area contributed by atoms with Crippen LogP contribution in [0.15, 0.2) is 29.8 Å². The standard InChI is InChI=1S/C19H20N8OS/c20-19-24-17(16-18(25-19)29-11-21-16)27-9-7-26(8-10-27)15(28)6-5-14-22-12-3-1-2-4-13(12)23-14/h1-4,11H,5-10H2,(H,22,23)(H2,20,24,25). The van der Waals surface area contributed by atoms with Crippen LogP contribution >= 0.6 is 11.3 Å². The molecule has 0 unspecified atom stereocenters. The average molecular weight is 408 g/mol. The number of rotatable bonds is 4. The molecule has 29 heavy (non-hydrogen) atoms. The van der Waals surface area contributed by atoms with Gasteiger partial charge in [-0.15, -0.1) is 11.3 Å². The molecule has 1 fully saturated rings. The van der Waals surface area contributed by atoms with Crippen LogP contribution in [-0.2, 0) is 11.2 Å². The Morgan fingerprint density at radius 2 is 1.97 bits per heavy atom. The maximum atomic E-state index is 12.7. The Morgan fingerprint density at radius 1 is 1.14 bits per heavy atom. The van der Waals surface area contributed by atoms with Crippen molar-refractivity contribution in [3.8, 4) is 0 Å². The number of fused-ring (bicyclic) bond motifs is 2. The quantitative estimate of drug-likeness (QED) is 0.529. The molecule has 0 bridgehead atoms. The molecular weight excluding hydrogens is 388 g/mol. The second-order valence-electron chi connectivity index (χ2n) is 6.98. The summed E-state index contributed by atoms with van der Waals surface area (Å²) in [5, 5.41) is 0. The minimum absolute atomic E-state index is 0.145. The first kappa shape index (κ1) is 17.8. The number of nitrogens with two attached hydrogens (primary N) is 1. The van der Waals surface area contributed by atoms with Crippen molar-refractivity contribution in [2.45, 2.75) is 12.8 Å². The van der Waals surface area contributed by atoms with Crippen molar-refractivity contribution in [2.75, 3.05) is 36.8 Å². The molecule has 148 valence electrons. The lowest BCUT2D eigenvalue weighted by molar-refractivity contribution is -0.131. The third-order valence-corrected chi connectivity index (χ3v) is 5.86. The van der Waals surface area contributed by atoms with Crippen LogP contribution in [0.4, 0.5) is 11.8 Å². The lowest BCUT2D eigenvalue weighted by Gasteiger charge is -2.35. The maximum absolute atomic E-state index is 12.7. The van der Waals surface area contributed by atoms with Gasteiger partial charge in [0.05, 0.1) is 16.5 Å². The highest BCUT2D eigenvalue weighted by atomic mass is 32.1. The van der Waals surface area contributed by atoms with Gasteiger partial charge in [-0.05, 0) is 12.1 Å². The zero-order valence-corrected chi connectivity index (χ0v) is 16.5. The molecule has 1 saturated heterocycles. The van der Waals surface area contributed by atoms with Crippen LogP contribution in [0.5, 0.6) is 0 Å². The highest BCUT2D eigenvalue weighted by molar-refractivity contribution is 7.16. The van der Waals surface area contributed by atoms with E-state index in [1.807, 2.05) is 29.2 Å². The number of thiazole rings is 1. The van der Waals surface area contributed by atoms with E-state index in [1.165, 1.54) is 11.3 Å². The topological polar surface area (TPSA) is 117 Å². The molecule has 1 amide bonds. The van der Waals surface area contributed by atoms with Gasteiger partial charge < -0.3 is 20.5 Å². The fraction of sp³-hybridized carbons (Fsp3) is 0.316. The Bertz CT molecular complexity index is 1140. The average Bonchev–Trinajstić information content (AvgIpc) is 3.37. The molecule has 3 aromatic heterocycles. The van der Waals surface area contributed by atoms with Crippen molar-refractivity contribution in [1.29, 1.82) is 0 Å². The van der Waals surface area contributed by atoms with Crippen molar-refractivity contribution in [3.05, 3.63) is 35.6 Å². The third kappa shape index (κ3) is 3.46. The molecule has 3 N–H and O–H groups in total. The zero-order valence-electron chi connectivity index (χ0n) is 15.7. The van der Waals surface area contributed by atoms with E-state index >= 15 is 0 Å². The summed E-state index contributed by atoms with van der Waals surface area (Å²) >= 11 is 1.45. The Labute approximate surface area is 170 Å². The number of anilines is 2. The maximum Gasteiger partial charge on any atom is 0.223 e. The molecule has 1 aliphatic heterocycles. The predicted molar refractivity (Wildman–Crippen MR) is 113 cm³/mol. The van der Waals surface area contributed by atoms with Crippen molar-refractivity contribution < 1.29 is 4.79 Å². The number of nitrogens with zero attached hydrogens (tertiary/aromatic N) is 6. The predicted octanol–water partition coefficient (Wildman–Crippen LogP) is 1.83. The summed E-state index contributed by atoms with van der Waals surface area (Å²) in [6, 6.07) is 7.89. The van der Waals surface area contributed by atoms with Gasteiger partial charge in [0.1, 0.15) is 11.3 Å². The molecule has 5 rings (SSSR count). The minimum atomic E-state index is 0.145. The van der Waals surface area contributed by atoms with Gasteiger partial charge in [-0.25, -0.2) is 15.0 Å². The number of carbonyl (C=O) groups excluding carboxylic acids is 1. The lowest BCUT2D eigenvalue weighted by atomic mass is 10.2. The normalized spacial score (nSPS) is 14.8. The van der Waals surface area contributed by atoms with Crippen LogP contribution in [0.2, 0.25) is 0 Å². The number of para-hydroxylation sites is 2. The van der Waals surface area contributed by atoms with Gasteiger partial charge in [-0.1, -0.05) is 12.1 Å². The summed E-state index contributed by atoms with van der Waals surface area (Å²) in [6.45, 7) is 2.68. The monoisotopic (exact) mass is 408 g/mol. The van der Waals surface area contributed by atoms with E-state index in [-0.39, 0.29) is 11.9 Å². The summed E-state index contributed by atoms with van der Waals surface area (Å²) in [5.74, 6) is 2.00. The van der Waals surface area contributed by atoms with Crippen LogP contribution in [0, 0.1) is 0 Å². The number of H-pyrrole nitrogens is 1. The van der Waals surface area contributed by atoms with Crippen LogP contribution in [0.1, 0.15) is 12.2 Å². The number of imidazole rings is 1. The number of carbonyl (C=O) groups is 1. The van der Waals surface area contributed by atoms with E-state index in [4.69, 9.17) is 5.73 Å². The number of hydrogen-bond acceptors (Lipinski definition) is 8. The summed E-state index contributed by atoms with van der Waals surface area (Å²) in [7, 11) is 0. The van der Waals surface area contributed by atoms with E-state index in [0.717, 1.165) is 33.0 Å². The molecule has 0 saturated carbocycles. The summed E-state index contributed by atoms with van der Waals surface area (Å²) < 4.78 is 0. The van der Waals surface area contributed by atoms with Crippen molar-refractivity contribution in [3.63, 3.8) is 0 Å². The number of aromatic amines is 1. The van der Waals surface area contributed by atoms with Crippen LogP contribution in [0.25, 0.3) is 21.4 Å². The van der Waals surface area contributed by atoms with Gasteiger partial charge in [0.25, 0.3) is 0 Å². The van der Waals surface area contributed by atoms with E-state index in [1.54, 1.807) is 5.51 Å². The number of nitrogen functional groups attached to an aromatic ring is 1. The fourth-order valence-corrected chi connectivity index (χ4v) is 4.32. The Hall–Kier alpha value is -3.27. The smallest absolute Gasteiger partial charge is 0.223 e. The largest absolute Gasteiger partial charge is 0.368 e. The van der Waals surface area contributed by atoms with Gasteiger partial charge in [0.2, 0.25) is 11.9 Å². The summed E-state index contributed by atoms with van der Waals surface area (Å²) in [6.07, 6.45) is 1.05. The molecule has 9 nitrogen and oxygen atoms in total. The summed E-state index contributed by atoms with van der Waals surface area (Å²) in [5.41, 5.74) is 10.3. The molecule has 0 aliphatic carbocycles. The summed E-state index contributed by atoms with van der Waals surface area (Å²) in [4.78, 5) is 38.3. The molecule has 0 radical (unpaired) electrons. The molecule has 4 heterocycles. The number of nitrogens with one attached hydrogen (secondary N) is 1. The van der Waals surface area contributed by atoms with Gasteiger partial charge in [0, 0.05) is 39.0 Å². The van der Waals surface area contributed by atoms with Gasteiger partial charge >= 0.3 is 0 Å². The SMILES string of the molecule is Nc1nc(N2CCN(C(=O)CCc3nc4ccccc4[nH]3)CC2)c2ncsc2n1.